The van der Waals surface area contributed by atoms with E-state index in [0.29, 0.717) is 28.0 Å². The molecule has 0 saturated heterocycles. The van der Waals surface area contributed by atoms with Crippen molar-refractivity contribution in [3.8, 4) is 5.75 Å². The van der Waals surface area contributed by atoms with Gasteiger partial charge in [0.2, 0.25) is 0 Å². The van der Waals surface area contributed by atoms with Crippen LogP contribution in [0.25, 0.3) is 0 Å². The second-order valence-electron chi connectivity index (χ2n) is 6.42. The van der Waals surface area contributed by atoms with Crippen LogP contribution in [0.2, 0.25) is 10.0 Å². The lowest BCUT2D eigenvalue weighted by molar-refractivity contribution is -0.118. The van der Waals surface area contributed by atoms with Crippen LogP contribution in [0.3, 0.4) is 0 Å². The van der Waals surface area contributed by atoms with Crippen LogP contribution in [0.5, 0.6) is 5.75 Å². The first-order valence-corrected chi connectivity index (χ1v) is 9.63. The van der Waals surface area contributed by atoms with Gasteiger partial charge in [-0.1, -0.05) is 35.3 Å². The summed E-state index contributed by atoms with van der Waals surface area (Å²) in [6.07, 6.45) is 0. The average Bonchev–Trinajstić information content (AvgIpc) is 2.69. The molecule has 1 amide bonds. The third-order valence-electron chi connectivity index (χ3n) is 4.17. The highest BCUT2D eigenvalue weighted by Gasteiger charge is 2.08. The number of hydrogen-bond donors (Lipinski definition) is 2. The van der Waals surface area contributed by atoms with Gasteiger partial charge in [-0.15, -0.1) is 0 Å². The first kappa shape index (κ1) is 21.0. The number of carbonyl (C=O) groups excluding carboxylic acids is 1. The van der Waals surface area contributed by atoms with Crippen molar-refractivity contribution in [2.24, 2.45) is 0 Å². The van der Waals surface area contributed by atoms with Crippen molar-refractivity contribution in [3.63, 3.8) is 0 Å². The second-order valence-corrected chi connectivity index (χ2v) is 7.26. The summed E-state index contributed by atoms with van der Waals surface area (Å²) >= 11 is 12.3. The lowest BCUT2D eigenvalue weighted by Crippen LogP contribution is -2.20. The molecule has 0 unspecified atom stereocenters. The van der Waals surface area contributed by atoms with Crippen molar-refractivity contribution >= 4 is 40.5 Å². The molecular weight excluding hydrogens is 414 g/mol. The van der Waals surface area contributed by atoms with Crippen LogP contribution in [0.4, 0.5) is 15.8 Å². The molecule has 0 spiro atoms. The van der Waals surface area contributed by atoms with E-state index in [1.165, 1.54) is 24.3 Å². The van der Waals surface area contributed by atoms with Gasteiger partial charge >= 0.3 is 0 Å². The van der Waals surface area contributed by atoms with Gasteiger partial charge in [0.05, 0.1) is 5.02 Å². The molecule has 0 radical (unpaired) electrons. The Morgan fingerprint density at radius 2 is 1.79 bits per heavy atom. The van der Waals surface area contributed by atoms with E-state index in [4.69, 9.17) is 27.9 Å². The number of aryl methyl sites for hydroxylation is 1. The van der Waals surface area contributed by atoms with Crippen LogP contribution < -0.4 is 15.4 Å². The molecule has 3 rings (SSSR count). The smallest absolute Gasteiger partial charge is 0.262 e. The fourth-order valence-electron chi connectivity index (χ4n) is 2.63. The van der Waals surface area contributed by atoms with E-state index < -0.39 is 0 Å². The largest absolute Gasteiger partial charge is 0.482 e. The zero-order chi connectivity index (χ0) is 20.8. The first-order valence-electron chi connectivity index (χ1n) is 8.87. The van der Waals surface area contributed by atoms with Gasteiger partial charge < -0.3 is 15.4 Å². The molecule has 7 heteroatoms. The van der Waals surface area contributed by atoms with E-state index in [1.807, 2.05) is 31.2 Å². The Morgan fingerprint density at radius 1 is 1.03 bits per heavy atom. The molecule has 4 nitrogen and oxygen atoms in total. The predicted molar refractivity (Wildman–Crippen MR) is 115 cm³/mol. The van der Waals surface area contributed by atoms with Crippen molar-refractivity contribution in [2.75, 3.05) is 17.2 Å². The predicted octanol–water partition coefficient (Wildman–Crippen LogP) is 6.07. The van der Waals surface area contributed by atoms with Crippen LogP contribution in [0.1, 0.15) is 11.1 Å². The maximum atomic E-state index is 12.9. The van der Waals surface area contributed by atoms with Crippen LogP contribution >= 0.6 is 23.2 Å². The lowest BCUT2D eigenvalue weighted by atomic mass is 10.1. The van der Waals surface area contributed by atoms with Crippen molar-refractivity contribution in [2.45, 2.75) is 13.5 Å². The molecule has 0 aliphatic heterocycles. The van der Waals surface area contributed by atoms with Crippen molar-refractivity contribution in [1.82, 2.24) is 0 Å². The zero-order valence-corrected chi connectivity index (χ0v) is 17.1. The molecule has 3 aromatic carbocycles. The minimum absolute atomic E-state index is 0.212. The van der Waals surface area contributed by atoms with E-state index in [1.54, 1.807) is 12.1 Å². The Hall–Kier alpha value is -2.76. The van der Waals surface area contributed by atoms with E-state index >= 15 is 0 Å². The molecule has 0 aliphatic rings. The Bertz CT molecular complexity index is 1010. The zero-order valence-electron chi connectivity index (χ0n) is 15.6. The SMILES string of the molecule is Cc1ccc(Cl)cc1NCc1ccc(OCC(=O)Nc2ccc(F)cc2)c(Cl)c1. The van der Waals surface area contributed by atoms with Crippen LogP contribution in [-0.4, -0.2) is 12.5 Å². The molecule has 150 valence electrons. The molecule has 3 aromatic rings. The molecule has 0 aliphatic carbocycles. The van der Waals surface area contributed by atoms with Gasteiger partial charge in [-0.05, 0) is 66.6 Å². The number of nitrogens with one attached hydrogen (secondary N) is 2. The number of ether oxygens (including phenoxy) is 1. The van der Waals surface area contributed by atoms with Crippen LogP contribution in [-0.2, 0) is 11.3 Å². The highest BCUT2D eigenvalue weighted by molar-refractivity contribution is 6.32. The molecule has 0 saturated carbocycles. The summed E-state index contributed by atoms with van der Waals surface area (Å²) in [6, 6.07) is 16.5. The normalized spacial score (nSPS) is 10.5. The highest BCUT2D eigenvalue weighted by Crippen LogP contribution is 2.27. The Morgan fingerprint density at radius 3 is 2.52 bits per heavy atom. The topological polar surface area (TPSA) is 50.4 Å². The summed E-state index contributed by atoms with van der Waals surface area (Å²) in [5.41, 5.74) is 3.49. The fraction of sp³-hybridized carbons (Fsp3) is 0.136. The molecule has 0 fully saturated rings. The van der Waals surface area contributed by atoms with E-state index in [-0.39, 0.29) is 18.3 Å². The number of hydrogen-bond acceptors (Lipinski definition) is 3. The van der Waals surface area contributed by atoms with Gasteiger partial charge in [0.1, 0.15) is 11.6 Å². The van der Waals surface area contributed by atoms with Gasteiger partial charge in [0.25, 0.3) is 5.91 Å². The minimum Gasteiger partial charge on any atom is -0.482 e. The van der Waals surface area contributed by atoms with Gasteiger partial charge in [-0.25, -0.2) is 4.39 Å². The highest BCUT2D eigenvalue weighted by atomic mass is 35.5. The third kappa shape index (κ3) is 6.11. The Labute approximate surface area is 178 Å². The molecular formula is C22H19Cl2FN2O2. The summed E-state index contributed by atoms with van der Waals surface area (Å²) in [4.78, 5) is 12.0. The summed E-state index contributed by atoms with van der Waals surface area (Å²) in [5, 5.41) is 7.02. The van der Waals surface area contributed by atoms with Crippen molar-refractivity contribution in [3.05, 3.63) is 87.7 Å². The van der Waals surface area contributed by atoms with Gasteiger partial charge in [0.15, 0.2) is 6.61 Å². The van der Waals surface area contributed by atoms with Gasteiger partial charge in [-0.3, -0.25) is 4.79 Å². The third-order valence-corrected chi connectivity index (χ3v) is 4.70. The van der Waals surface area contributed by atoms with Gasteiger partial charge in [-0.2, -0.15) is 0 Å². The van der Waals surface area contributed by atoms with Crippen LogP contribution in [0.15, 0.2) is 60.7 Å². The maximum absolute atomic E-state index is 12.9. The van der Waals surface area contributed by atoms with E-state index in [0.717, 1.165) is 16.8 Å². The number of rotatable bonds is 7. The molecule has 0 bridgehead atoms. The Balaban J connectivity index is 1.54. The molecule has 0 atom stereocenters. The lowest BCUT2D eigenvalue weighted by Gasteiger charge is -2.12. The quantitative estimate of drug-likeness (QED) is 0.476. The molecule has 29 heavy (non-hydrogen) atoms. The second kappa shape index (κ2) is 9.63. The van der Waals surface area contributed by atoms with Crippen LogP contribution in [0, 0.1) is 12.7 Å². The average molecular weight is 433 g/mol. The van der Waals surface area contributed by atoms with Gasteiger partial charge in [0, 0.05) is 22.9 Å². The van der Waals surface area contributed by atoms with E-state index in [2.05, 4.69) is 10.6 Å². The van der Waals surface area contributed by atoms with Crippen molar-refractivity contribution in [1.29, 1.82) is 0 Å². The number of halogens is 3. The number of amides is 1. The number of anilines is 2. The summed E-state index contributed by atoms with van der Waals surface area (Å²) in [7, 11) is 0. The molecule has 2 N–H and O–H groups in total. The first-order chi connectivity index (χ1) is 13.9. The number of carbonyl (C=O) groups is 1. The van der Waals surface area contributed by atoms with E-state index in [9.17, 15) is 9.18 Å². The maximum Gasteiger partial charge on any atom is 0.262 e. The summed E-state index contributed by atoms with van der Waals surface area (Å²) in [5.74, 6) is -0.329. The Kier molecular flexibility index (Phi) is 6.96. The molecule has 0 heterocycles. The summed E-state index contributed by atoms with van der Waals surface area (Å²) < 4.78 is 18.4. The fourth-order valence-corrected chi connectivity index (χ4v) is 3.06. The standard InChI is InChI=1S/C22H19Cl2FN2O2/c1-14-2-4-16(23)11-20(14)26-12-15-3-9-21(19(24)10-15)29-13-22(28)27-18-7-5-17(25)6-8-18/h2-11,26H,12-13H2,1H3,(H,27,28). The summed E-state index contributed by atoms with van der Waals surface area (Å²) in [6.45, 7) is 2.35. The monoisotopic (exact) mass is 432 g/mol. The minimum atomic E-state index is -0.369. The van der Waals surface area contributed by atoms with Crippen molar-refractivity contribution < 1.29 is 13.9 Å². The number of benzene rings is 3. The molecule has 0 aromatic heterocycles.